The number of aliphatic hydroxyl groups excluding tert-OH is 1. The van der Waals surface area contributed by atoms with E-state index in [4.69, 9.17) is 10.3 Å². The van der Waals surface area contributed by atoms with Crippen LogP contribution in [0.2, 0.25) is 0 Å². The molecule has 1 amide bonds. The molecule has 0 spiro atoms. The highest BCUT2D eigenvalue weighted by atomic mass is 127. The minimum atomic E-state index is -4.26. The third kappa shape index (κ3) is 5.05. The van der Waals surface area contributed by atoms with Crippen LogP contribution in [0.4, 0.5) is 5.82 Å². The standard InChI is InChI=1S/C11H16IN6O6P/c1-6(23-25(21,22)24-12)7(3-19)17-8(20)2-18-5-16-9-10(13)14-4-15-11(9)18/h4-7,19H,2-3H2,1H3,(H,17,20)(H,21,22)(H2,13,14,15). The van der Waals surface area contributed by atoms with Crippen LogP contribution in [-0.4, -0.2) is 54.2 Å². The van der Waals surface area contributed by atoms with Gasteiger partial charge in [-0.05, 0) is 6.92 Å². The van der Waals surface area contributed by atoms with E-state index in [-0.39, 0.29) is 12.4 Å². The summed E-state index contributed by atoms with van der Waals surface area (Å²) in [5.41, 5.74) is 6.42. The maximum atomic E-state index is 12.2. The summed E-state index contributed by atoms with van der Waals surface area (Å²) in [5, 5.41) is 11.9. The Bertz CT molecular complexity index is 802. The smallest absolute Gasteiger partial charge is 0.394 e. The van der Waals surface area contributed by atoms with Crippen LogP contribution in [0.1, 0.15) is 6.92 Å². The van der Waals surface area contributed by atoms with Gasteiger partial charge in [-0.25, -0.2) is 22.4 Å². The molecule has 12 nitrogen and oxygen atoms in total. The quantitative estimate of drug-likeness (QED) is 0.288. The average Bonchev–Trinajstić information content (AvgIpc) is 2.96. The van der Waals surface area contributed by atoms with Crippen LogP contribution in [0.25, 0.3) is 11.2 Å². The van der Waals surface area contributed by atoms with Crippen LogP contribution in [-0.2, 0) is 23.3 Å². The molecule has 2 heterocycles. The number of nitrogens with two attached hydrogens (primary N) is 1. The predicted molar refractivity (Wildman–Crippen MR) is 94.2 cm³/mol. The van der Waals surface area contributed by atoms with E-state index in [9.17, 15) is 19.4 Å². The highest BCUT2D eigenvalue weighted by molar-refractivity contribution is 14.1. The number of imidazole rings is 1. The lowest BCUT2D eigenvalue weighted by Gasteiger charge is -2.24. The number of phosphoric acid groups is 1. The maximum absolute atomic E-state index is 12.2. The highest BCUT2D eigenvalue weighted by Crippen LogP contribution is 2.47. The molecule has 0 fully saturated rings. The molecule has 0 aliphatic heterocycles. The summed E-state index contributed by atoms with van der Waals surface area (Å²) in [5.74, 6) is -0.300. The Morgan fingerprint density at radius 2 is 2.24 bits per heavy atom. The molecule has 3 atom stereocenters. The molecule has 5 N–H and O–H groups in total. The van der Waals surface area contributed by atoms with Gasteiger partial charge in [-0.2, -0.15) is 0 Å². The van der Waals surface area contributed by atoms with Crippen LogP contribution in [0, 0.1) is 0 Å². The van der Waals surface area contributed by atoms with Crippen molar-refractivity contribution < 1.29 is 26.7 Å². The van der Waals surface area contributed by atoms with Gasteiger partial charge in [-0.1, -0.05) is 0 Å². The van der Waals surface area contributed by atoms with Crippen molar-refractivity contribution >= 4 is 53.7 Å². The number of phosphoric ester groups is 1. The minimum Gasteiger partial charge on any atom is -0.394 e. The zero-order chi connectivity index (χ0) is 18.6. The van der Waals surface area contributed by atoms with Gasteiger partial charge in [0, 0.05) is 0 Å². The number of hydrogen-bond acceptors (Lipinski definition) is 9. The second kappa shape index (κ2) is 8.33. The van der Waals surface area contributed by atoms with Gasteiger partial charge in [0.05, 0.1) is 25.1 Å². The number of fused-ring (bicyclic) bond motifs is 1. The molecule has 138 valence electrons. The molecular formula is C11H16IN6O6P. The first-order chi connectivity index (χ1) is 11.8. The van der Waals surface area contributed by atoms with E-state index in [2.05, 4.69) is 23.1 Å². The van der Waals surface area contributed by atoms with Gasteiger partial charge in [0.2, 0.25) is 5.91 Å². The first-order valence-corrected chi connectivity index (χ1v) is 9.28. The summed E-state index contributed by atoms with van der Waals surface area (Å²) in [7, 11) is -4.26. The molecule has 14 heteroatoms. The Morgan fingerprint density at radius 3 is 2.88 bits per heavy atom. The Hall–Kier alpha value is -1.38. The number of nitrogens with one attached hydrogen (secondary N) is 1. The summed E-state index contributed by atoms with van der Waals surface area (Å²) in [6.45, 7) is 0.754. The van der Waals surface area contributed by atoms with Gasteiger partial charge < -0.3 is 25.6 Å². The van der Waals surface area contributed by atoms with Crippen molar-refractivity contribution in [2.75, 3.05) is 12.3 Å². The summed E-state index contributed by atoms with van der Waals surface area (Å²) >= 11 is 1.23. The monoisotopic (exact) mass is 486 g/mol. The number of rotatable bonds is 8. The largest absolute Gasteiger partial charge is 0.482 e. The molecule has 25 heavy (non-hydrogen) atoms. The Labute approximate surface area is 156 Å². The average molecular weight is 486 g/mol. The van der Waals surface area contributed by atoms with E-state index in [0.29, 0.717) is 11.2 Å². The van der Waals surface area contributed by atoms with Crippen molar-refractivity contribution in [1.29, 1.82) is 0 Å². The number of nitrogen functional groups attached to an aromatic ring is 1. The number of halogens is 1. The number of nitrogens with zero attached hydrogens (tertiary/aromatic N) is 4. The number of aromatic nitrogens is 4. The fourth-order valence-electron chi connectivity index (χ4n) is 2.03. The minimum absolute atomic E-state index is 0.157. The van der Waals surface area contributed by atoms with Crippen molar-refractivity contribution in [2.24, 2.45) is 0 Å². The lowest BCUT2D eigenvalue weighted by molar-refractivity contribution is -0.123. The SMILES string of the molecule is CC(OP(=O)(O)OI)C(CO)NC(=O)Cn1cnc2c(N)ncnc21. The summed E-state index contributed by atoms with van der Waals surface area (Å²) in [4.78, 5) is 33.3. The molecule has 2 aromatic heterocycles. The normalized spacial score (nSPS) is 16.3. The number of amides is 1. The van der Waals surface area contributed by atoms with Crippen molar-refractivity contribution in [3.63, 3.8) is 0 Å². The molecule has 2 aromatic rings. The summed E-state index contributed by atoms with van der Waals surface area (Å²) < 4.78 is 21.9. The van der Waals surface area contributed by atoms with Crippen LogP contribution >= 0.6 is 30.8 Å². The van der Waals surface area contributed by atoms with Crippen LogP contribution < -0.4 is 11.1 Å². The second-order valence-electron chi connectivity index (χ2n) is 5.01. The van der Waals surface area contributed by atoms with Gasteiger partial charge in [0.1, 0.15) is 41.4 Å². The maximum Gasteiger partial charge on any atom is 0.482 e. The lowest BCUT2D eigenvalue weighted by Crippen LogP contribution is -2.46. The predicted octanol–water partition coefficient (Wildman–Crippen LogP) is -0.242. The van der Waals surface area contributed by atoms with Crippen molar-refractivity contribution in [3.8, 4) is 0 Å². The van der Waals surface area contributed by atoms with Crippen LogP contribution in [0.15, 0.2) is 12.7 Å². The number of aliphatic hydroxyl groups is 1. The summed E-state index contributed by atoms with van der Waals surface area (Å²) in [6.07, 6.45) is 1.66. The summed E-state index contributed by atoms with van der Waals surface area (Å²) in [6, 6.07) is -0.922. The fourth-order valence-corrected chi connectivity index (χ4v) is 2.91. The zero-order valence-corrected chi connectivity index (χ0v) is 16.0. The Kier molecular flexibility index (Phi) is 6.65. The van der Waals surface area contributed by atoms with Gasteiger partial charge >= 0.3 is 7.82 Å². The van der Waals surface area contributed by atoms with E-state index in [1.165, 1.54) is 47.2 Å². The molecule has 3 unspecified atom stereocenters. The van der Waals surface area contributed by atoms with E-state index in [1.807, 2.05) is 0 Å². The number of carbonyl (C=O) groups excluding carboxylic acids is 1. The topological polar surface area (TPSA) is 175 Å². The first kappa shape index (κ1) is 19.9. The van der Waals surface area contributed by atoms with Crippen LogP contribution in [0.3, 0.4) is 0 Å². The molecule has 0 bridgehead atoms. The van der Waals surface area contributed by atoms with E-state index < -0.39 is 32.5 Å². The number of hydrogen-bond donors (Lipinski definition) is 4. The number of carbonyl (C=O) groups is 1. The van der Waals surface area contributed by atoms with E-state index >= 15 is 0 Å². The molecule has 0 aliphatic rings. The van der Waals surface area contributed by atoms with Crippen molar-refractivity contribution in [2.45, 2.75) is 25.6 Å². The van der Waals surface area contributed by atoms with Gasteiger partial charge in [0.15, 0.2) is 11.5 Å². The molecule has 0 saturated carbocycles. The van der Waals surface area contributed by atoms with Gasteiger partial charge in [-0.15, -0.1) is 0 Å². The molecule has 2 rings (SSSR count). The van der Waals surface area contributed by atoms with E-state index in [1.54, 1.807) is 0 Å². The van der Waals surface area contributed by atoms with E-state index in [0.717, 1.165) is 0 Å². The zero-order valence-electron chi connectivity index (χ0n) is 12.9. The number of anilines is 1. The molecule has 0 saturated heterocycles. The molecule has 0 aromatic carbocycles. The second-order valence-corrected chi connectivity index (χ2v) is 7.48. The van der Waals surface area contributed by atoms with Crippen LogP contribution in [0.5, 0.6) is 0 Å². The van der Waals surface area contributed by atoms with Crippen molar-refractivity contribution in [1.82, 2.24) is 24.8 Å². The molecule has 0 radical (unpaired) electrons. The molecule has 0 aliphatic carbocycles. The van der Waals surface area contributed by atoms with Gasteiger partial charge in [0.25, 0.3) is 0 Å². The highest BCUT2D eigenvalue weighted by Gasteiger charge is 2.29. The molecular weight excluding hydrogens is 470 g/mol. The first-order valence-electron chi connectivity index (χ1n) is 6.90. The lowest BCUT2D eigenvalue weighted by atomic mass is 10.2. The fraction of sp³-hybridized carbons (Fsp3) is 0.455. The third-order valence-corrected chi connectivity index (χ3v) is 5.51. The Balaban J connectivity index is 2.04. The van der Waals surface area contributed by atoms with Crippen molar-refractivity contribution in [3.05, 3.63) is 12.7 Å². The third-order valence-electron chi connectivity index (χ3n) is 3.24. The Morgan fingerprint density at radius 1 is 1.52 bits per heavy atom. The van der Waals surface area contributed by atoms with Gasteiger partial charge in [-0.3, -0.25) is 9.32 Å².